The molecule has 0 radical (unpaired) electrons. The van der Waals surface area contributed by atoms with Crippen molar-refractivity contribution in [1.29, 1.82) is 0 Å². The Morgan fingerprint density at radius 1 is 0.811 bits per heavy atom. The number of rotatable bonds is 11. The Bertz CT molecular complexity index is 1430. The summed E-state index contributed by atoms with van der Waals surface area (Å²) in [6.45, 7) is 1.71. The Balaban J connectivity index is 1.78. The molecule has 1 aromatic heterocycles. The fourth-order valence-corrected chi connectivity index (χ4v) is 5.68. The third-order valence-corrected chi connectivity index (χ3v) is 8.37. The van der Waals surface area contributed by atoms with E-state index in [1.165, 1.54) is 18.5 Å². The van der Waals surface area contributed by atoms with Crippen molar-refractivity contribution in [3.05, 3.63) is 77.5 Å². The van der Waals surface area contributed by atoms with E-state index in [0.29, 0.717) is 50.8 Å². The molecular weight excluding hydrogens is 496 g/mol. The molecule has 0 aliphatic rings. The molecule has 0 aliphatic carbocycles. The van der Waals surface area contributed by atoms with E-state index in [-0.39, 0.29) is 13.1 Å². The van der Waals surface area contributed by atoms with Gasteiger partial charge in [-0.3, -0.25) is 0 Å². The van der Waals surface area contributed by atoms with Crippen LogP contribution in [0.2, 0.25) is 0 Å². The number of benzene rings is 3. The molecule has 3 aromatic carbocycles. The molecule has 0 saturated heterocycles. The standard InChI is InChI=1S/C27H30N2O7S/c1-18(27-23-8-6-7-9-24(23)36-28-27)37(30,31)29(16-19-10-12-21(32-2)14-25(19)34-4)17-20-11-13-22(33-3)15-26(20)35-5/h6-15,18H,16-17H2,1-5H3. The number of ether oxygens (including phenoxy) is 4. The Labute approximate surface area is 216 Å². The van der Waals surface area contributed by atoms with Crippen molar-refractivity contribution in [2.24, 2.45) is 0 Å². The number of sulfonamides is 1. The number of hydrogen-bond acceptors (Lipinski definition) is 8. The van der Waals surface area contributed by atoms with Gasteiger partial charge >= 0.3 is 0 Å². The third kappa shape index (κ3) is 5.35. The maximum absolute atomic E-state index is 14.1. The highest BCUT2D eigenvalue weighted by Gasteiger charge is 2.34. The van der Waals surface area contributed by atoms with Crippen molar-refractivity contribution in [2.45, 2.75) is 25.3 Å². The van der Waals surface area contributed by atoms with Crippen LogP contribution in [-0.4, -0.2) is 46.3 Å². The summed E-state index contributed by atoms with van der Waals surface area (Å²) in [4.78, 5) is 0. The Hall–Kier alpha value is -3.76. The van der Waals surface area contributed by atoms with Crippen LogP contribution in [0.3, 0.4) is 0 Å². The van der Waals surface area contributed by atoms with E-state index in [9.17, 15) is 8.42 Å². The van der Waals surface area contributed by atoms with Crippen LogP contribution in [-0.2, 0) is 23.1 Å². The highest BCUT2D eigenvalue weighted by Crippen LogP contribution is 2.35. The first-order chi connectivity index (χ1) is 17.8. The SMILES string of the molecule is COc1ccc(CN(Cc2ccc(OC)cc2OC)S(=O)(=O)C(C)c2noc3ccccc23)c(OC)c1. The summed E-state index contributed by atoms with van der Waals surface area (Å²) in [5.74, 6) is 2.24. The van der Waals surface area contributed by atoms with Crippen molar-refractivity contribution in [1.82, 2.24) is 9.46 Å². The van der Waals surface area contributed by atoms with E-state index in [1.54, 1.807) is 69.7 Å². The lowest BCUT2D eigenvalue weighted by Crippen LogP contribution is -2.33. The molecule has 1 heterocycles. The molecule has 0 N–H and O–H groups in total. The van der Waals surface area contributed by atoms with Gasteiger partial charge in [0.2, 0.25) is 10.0 Å². The lowest BCUT2D eigenvalue weighted by atomic mass is 10.1. The van der Waals surface area contributed by atoms with Crippen LogP contribution in [0.5, 0.6) is 23.0 Å². The predicted molar refractivity (Wildman–Crippen MR) is 140 cm³/mol. The fourth-order valence-electron chi connectivity index (χ4n) is 4.14. The third-order valence-electron chi connectivity index (χ3n) is 6.28. The van der Waals surface area contributed by atoms with Crippen LogP contribution in [0.4, 0.5) is 0 Å². The summed E-state index contributed by atoms with van der Waals surface area (Å²) in [5.41, 5.74) is 2.23. The summed E-state index contributed by atoms with van der Waals surface area (Å²) >= 11 is 0. The first-order valence-electron chi connectivity index (χ1n) is 11.6. The number of aromatic nitrogens is 1. The first kappa shape index (κ1) is 26.3. The number of para-hydroxylation sites is 1. The zero-order chi connectivity index (χ0) is 26.6. The van der Waals surface area contributed by atoms with E-state index in [1.807, 2.05) is 12.1 Å². The van der Waals surface area contributed by atoms with E-state index in [0.717, 1.165) is 0 Å². The Kier molecular flexibility index (Phi) is 7.89. The minimum atomic E-state index is -3.96. The lowest BCUT2D eigenvalue weighted by Gasteiger charge is -2.27. The molecule has 9 nitrogen and oxygen atoms in total. The molecule has 0 bridgehead atoms. The highest BCUT2D eigenvalue weighted by atomic mass is 32.2. The topological polar surface area (TPSA) is 100 Å². The summed E-state index contributed by atoms with van der Waals surface area (Å²) in [7, 11) is 2.24. The largest absolute Gasteiger partial charge is 0.497 e. The van der Waals surface area contributed by atoms with Gasteiger partial charge in [0.25, 0.3) is 0 Å². The van der Waals surface area contributed by atoms with Gasteiger partial charge in [-0.1, -0.05) is 29.4 Å². The number of methoxy groups -OCH3 is 4. The molecule has 0 spiro atoms. The summed E-state index contributed by atoms with van der Waals surface area (Å²) < 4.78 is 56.8. The minimum absolute atomic E-state index is 0.0464. The van der Waals surface area contributed by atoms with Crippen LogP contribution in [0.1, 0.15) is 29.0 Å². The predicted octanol–water partition coefficient (Wildman–Crippen LogP) is 4.96. The van der Waals surface area contributed by atoms with E-state index in [2.05, 4.69) is 5.16 Å². The summed E-state index contributed by atoms with van der Waals surface area (Å²) in [6, 6.07) is 17.8. The van der Waals surface area contributed by atoms with E-state index < -0.39 is 15.3 Å². The van der Waals surface area contributed by atoms with Gasteiger partial charge in [-0.2, -0.15) is 4.31 Å². The van der Waals surface area contributed by atoms with E-state index >= 15 is 0 Å². The smallest absolute Gasteiger partial charge is 0.223 e. The average molecular weight is 527 g/mol. The fraction of sp³-hybridized carbons (Fsp3) is 0.296. The maximum Gasteiger partial charge on any atom is 0.223 e. The molecule has 0 fully saturated rings. The summed E-state index contributed by atoms with van der Waals surface area (Å²) in [5, 5.41) is 3.78. The lowest BCUT2D eigenvalue weighted by molar-refractivity contribution is 0.355. The molecule has 4 aromatic rings. The normalized spacial score (nSPS) is 12.5. The van der Waals surface area contributed by atoms with Gasteiger partial charge in [0.05, 0.1) is 28.4 Å². The van der Waals surface area contributed by atoms with Gasteiger partial charge in [-0.25, -0.2) is 8.42 Å². The van der Waals surface area contributed by atoms with E-state index in [4.69, 9.17) is 23.5 Å². The van der Waals surface area contributed by atoms with Crippen molar-refractivity contribution in [2.75, 3.05) is 28.4 Å². The molecule has 1 atom stereocenters. The van der Waals surface area contributed by atoms with Crippen LogP contribution in [0.15, 0.2) is 65.2 Å². The van der Waals surface area contributed by atoms with Gasteiger partial charge in [-0.15, -0.1) is 0 Å². The first-order valence-corrected chi connectivity index (χ1v) is 13.1. The molecular formula is C27H30N2O7S. The second-order valence-electron chi connectivity index (χ2n) is 8.37. The van der Waals surface area contributed by atoms with Gasteiger partial charge in [0.1, 0.15) is 33.9 Å². The average Bonchev–Trinajstić information content (AvgIpc) is 3.36. The Morgan fingerprint density at radius 2 is 1.35 bits per heavy atom. The minimum Gasteiger partial charge on any atom is -0.497 e. The van der Waals surface area contributed by atoms with Gasteiger partial charge < -0.3 is 23.5 Å². The zero-order valence-corrected chi connectivity index (χ0v) is 22.2. The van der Waals surface area contributed by atoms with Gasteiger partial charge in [-0.05, 0) is 31.2 Å². The molecule has 196 valence electrons. The molecule has 0 amide bonds. The molecule has 1 unspecified atom stereocenters. The molecule has 0 saturated carbocycles. The summed E-state index contributed by atoms with van der Waals surface area (Å²) in [6.07, 6.45) is 0. The number of fused-ring (bicyclic) bond motifs is 1. The molecule has 37 heavy (non-hydrogen) atoms. The van der Waals surface area contributed by atoms with Crippen LogP contribution in [0.25, 0.3) is 11.0 Å². The second-order valence-corrected chi connectivity index (χ2v) is 10.6. The van der Waals surface area contributed by atoms with Crippen molar-refractivity contribution in [3.63, 3.8) is 0 Å². The van der Waals surface area contributed by atoms with Gasteiger partial charge in [0.15, 0.2) is 5.58 Å². The number of hydrogen-bond donors (Lipinski definition) is 0. The zero-order valence-electron chi connectivity index (χ0n) is 21.4. The van der Waals surface area contributed by atoms with Crippen LogP contribution >= 0.6 is 0 Å². The van der Waals surface area contributed by atoms with Crippen LogP contribution in [0, 0.1) is 0 Å². The monoisotopic (exact) mass is 526 g/mol. The molecule has 4 rings (SSSR count). The molecule has 10 heteroatoms. The second kappa shape index (κ2) is 11.1. The van der Waals surface area contributed by atoms with Crippen LogP contribution < -0.4 is 18.9 Å². The number of nitrogens with zero attached hydrogens (tertiary/aromatic N) is 2. The van der Waals surface area contributed by atoms with Crippen molar-refractivity contribution >= 4 is 21.0 Å². The quantitative estimate of drug-likeness (QED) is 0.271. The maximum atomic E-state index is 14.1. The van der Waals surface area contributed by atoms with Crippen molar-refractivity contribution < 1.29 is 31.9 Å². The van der Waals surface area contributed by atoms with Gasteiger partial charge in [0, 0.05) is 41.7 Å². The Morgan fingerprint density at radius 3 is 1.86 bits per heavy atom. The van der Waals surface area contributed by atoms with Crippen molar-refractivity contribution in [3.8, 4) is 23.0 Å². The highest BCUT2D eigenvalue weighted by molar-refractivity contribution is 7.89. The molecule has 0 aliphatic heterocycles.